The van der Waals surface area contributed by atoms with Gasteiger partial charge < -0.3 is 4.90 Å². The van der Waals surface area contributed by atoms with E-state index in [4.69, 9.17) is 0 Å². The van der Waals surface area contributed by atoms with Crippen LogP contribution in [0.15, 0.2) is 27.1 Å². The summed E-state index contributed by atoms with van der Waals surface area (Å²) in [6, 6.07) is 6.20. The van der Waals surface area contributed by atoms with Gasteiger partial charge in [-0.05, 0) is 53.4 Å². The van der Waals surface area contributed by atoms with Gasteiger partial charge in [-0.3, -0.25) is 4.79 Å². The molecule has 0 unspecified atom stereocenters. The van der Waals surface area contributed by atoms with E-state index in [1.165, 1.54) is 0 Å². The predicted octanol–water partition coefficient (Wildman–Crippen LogP) is 4.23. The number of halogens is 2. The lowest BCUT2D eigenvalue weighted by Gasteiger charge is -2.22. The molecule has 0 radical (unpaired) electrons. The molecule has 0 N–H and O–H groups in total. The van der Waals surface area contributed by atoms with E-state index < -0.39 is 0 Å². The van der Waals surface area contributed by atoms with Crippen molar-refractivity contribution in [2.75, 3.05) is 6.54 Å². The summed E-state index contributed by atoms with van der Waals surface area (Å²) in [5.74, 6) is 0.141. The fourth-order valence-electron chi connectivity index (χ4n) is 1.89. The van der Waals surface area contributed by atoms with Gasteiger partial charge in [0.05, 0.1) is 5.56 Å². The van der Waals surface area contributed by atoms with Crippen LogP contribution in [0.3, 0.4) is 0 Å². The highest BCUT2D eigenvalue weighted by Crippen LogP contribution is 2.30. The Hall–Kier alpha value is -0.350. The second-order valence-corrected chi connectivity index (χ2v) is 6.12. The number of carbonyl (C=O) groups is 1. The van der Waals surface area contributed by atoms with Gasteiger partial charge in [-0.2, -0.15) is 0 Å². The zero-order valence-corrected chi connectivity index (χ0v) is 12.9. The minimum atomic E-state index is 0.141. The molecule has 0 heterocycles. The zero-order chi connectivity index (χ0) is 12.4. The van der Waals surface area contributed by atoms with Crippen LogP contribution in [0.5, 0.6) is 0 Å². The third-order valence-electron chi connectivity index (χ3n) is 2.87. The van der Waals surface area contributed by atoms with E-state index in [9.17, 15) is 4.79 Å². The molecular formula is C13H15Br2NO. The van der Waals surface area contributed by atoms with Gasteiger partial charge in [0.1, 0.15) is 0 Å². The minimum absolute atomic E-state index is 0.141. The van der Waals surface area contributed by atoms with Crippen molar-refractivity contribution < 1.29 is 4.79 Å². The maximum Gasteiger partial charge on any atom is 0.255 e. The van der Waals surface area contributed by atoms with E-state index in [0.717, 1.165) is 40.3 Å². The molecule has 92 valence electrons. The Morgan fingerprint density at radius 3 is 2.71 bits per heavy atom. The van der Waals surface area contributed by atoms with Crippen molar-refractivity contribution >= 4 is 37.8 Å². The summed E-state index contributed by atoms with van der Waals surface area (Å²) in [4.78, 5) is 14.5. The first kappa shape index (κ1) is 13.1. The highest BCUT2D eigenvalue weighted by molar-refractivity contribution is 9.11. The second-order valence-electron chi connectivity index (χ2n) is 4.35. The maximum atomic E-state index is 12.5. The highest BCUT2D eigenvalue weighted by atomic mass is 79.9. The number of nitrogens with zero attached hydrogens (tertiary/aromatic N) is 1. The van der Waals surface area contributed by atoms with Crippen LogP contribution in [0.25, 0.3) is 0 Å². The lowest BCUT2D eigenvalue weighted by molar-refractivity contribution is 0.0742. The van der Waals surface area contributed by atoms with Crippen molar-refractivity contribution in [2.24, 2.45) is 0 Å². The molecule has 1 saturated carbocycles. The van der Waals surface area contributed by atoms with Gasteiger partial charge in [-0.25, -0.2) is 0 Å². The van der Waals surface area contributed by atoms with Crippen molar-refractivity contribution in [1.29, 1.82) is 0 Å². The number of benzene rings is 1. The van der Waals surface area contributed by atoms with Crippen molar-refractivity contribution in [3.8, 4) is 0 Å². The van der Waals surface area contributed by atoms with Gasteiger partial charge in [-0.15, -0.1) is 0 Å². The monoisotopic (exact) mass is 359 g/mol. The number of carbonyl (C=O) groups excluding carboxylic acids is 1. The molecule has 0 saturated heterocycles. The normalized spacial score (nSPS) is 14.8. The van der Waals surface area contributed by atoms with Crippen LogP contribution in [-0.4, -0.2) is 23.4 Å². The fourth-order valence-corrected chi connectivity index (χ4v) is 2.67. The Balaban J connectivity index is 2.24. The van der Waals surface area contributed by atoms with E-state index in [2.05, 4.69) is 38.8 Å². The summed E-state index contributed by atoms with van der Waals surface area (Å²) in [6.07, 6.45) is 3.31. The molecule has 0 bridgehead atoms. The van der Waals surface area contributed by atoms with Gasteiger partial charge in [-0.1, -0.05) is 22.9 Å². The van der Waals surface area contributed by atoms with Crippen molar-refractivity contribution in [3.05, 3.63) is 32.7 Å². The Bertz CT molecular complexity index is 429. The van der Waals surface area contributed by atoms with Gasteiger partial charge >= 0.3 is 0 Å². The molecule has 4 heteroatoms. The molecular weight excluding hydrogens is 346 g/mol. The number of hydrogen-bond acceptors (Lipinski definition) is 1. The van der Waals surface area contributed by atoms with E-state index >= 15 is 0 Å². The molecule has 2 rings (SSSR count). The first-order valence-electron chi connectivity index (χ1n) is 5.89. The summed E-state index contributed by atoms with van der Waals surface area (Å²) in [6.45, 7) is 2.96. The molecule has 0 aliphatic heterocycles. The molecule has 1 aliphatic rings. The SMILES string of the molecule is CCCN(C(=O)c1cc(Br)ccc1Br)C1CC1. The largest absolute Gasteiger partial charge is 0.336 e. The molecule has 0 atom stereocenters. The average molecular weight is 361 g/mol. The molecule has 1 amide bonds. The van der Waals surface area contributed by atoms with Crippen LogP contribution in [-0.2, 0) is 0 Å². The molecule has 1 aromatic carbocycles. The molecule has 17 heavy (non-hydrogen) atoms. The lowest BCUT2D eigenvalue weighted by atomic mass is 10.2. The first-order valence-corrected chi connectivity index (χ1v) is 7.48. The van der Waals surface area contributed by atoms with Gasteiger partial charge in [0.2, 0.25) is 0 Å². The topological polar surface area (TPSA) is 20.3 Å². The Morgan fingerprint density at radius 2 is 2.12 bits per heavy atom. The van der Waals surface area contributed by atoms with Crippen molar-refractivity contribution in [2.45, 2.75) is 32.2 Å². The second kappa shape index (κ2) is 5.53. The van der Waals surface area contributed by atoms with Crippen LogP contribution < -0.4 is 0 Å². The van der Waals surface area contributed by atoms with Crippen molar-refractivity contribution in [3.63, 3.8) is 0 Å². The van der Waals surface area contributed by atoms with Gasteiger partial charge in [0, 0.05) is 21.5 Å². The van der Waals surface area contributed by atoms with E-state index in [1.54, 1.807) is 0 Å². The summed E-state index contributed by atoms with van der Waals surface area (Å²) in [5.41, 5.74) is 0.750. The third-order valence-corrected chi connectivity index (χ3v) is 4.06. The molecule has 1 aromatic rings. The minimum Gasteiger partial charge on any atom is -0.336 e. The molecule has 0 spiro atoms. The van der Waals surface area contributed by atoms with Crippen LogP contribution in [0.4, 0.5) is 0 Å². The third kappa shape index (κ3) is 3.10. The number of rotatable bonds is 4. The van der Waals surface area contributed by atoms with Gasteiger partial charge in [0.15, 0.2) is 0 Å². The summed E-state index contributed by atoms with van der Waals surface area (Å²) in [5, 5.41) is 0. The number of amides is 1. The quantitative estimate of drug-likeness (QED) is 0.786. The lowest BCUT2D eigenvalue weighted by Crippen LogP contribution is -2.34. The van der Waals surface area contributed by atoms with E-state index in [-0.39, 0.29) is 5.91 Å². The first-order chi connectivity index (χ1) is 8.13. The average Bonchev–Trinajstić information content (AvgIpc) is 3.12. The smallest absolute Gasteiger partial charge is 0.255 e. The summed E-state index contributed by atoms with van der Waals surface area (Å²) in [7, 11) is 0. The van der Waals surface area contributed by atoms with Crippen LogP contribution in [0.2, 0.25) is 0 Å². The van der Waals surface area contributed by atoms with Gasteiger partial charge in [0.25, 0.3) is 5.91 Å². The van der Waals surface area contributed by atoms with E-state index in [0.29, 0.717) is 6.04 Å². The highest BCUT2D eigenvalue weighted by Gasteiger charge is 2.32. The Kier molecular flexibility index (Phi) is 4.26. The van der Waals surface area contributed by atoms with E-state index in [1.807, 2.05) is 23.1 Å². The fraction of sp³-hybridized carbons (Fsp3) is 0.462. The maximum absolute atomic E-state index is 12.5. The molecule has 2 nitrogen and oxygen atoms in total. The Labute approximate surface area is 119 Å². The molecule has 0 aromatic heterocycles. The summed E-state index contributed by atoms with van der Waals surface area (Å²) < 4.78 is 1.81. The Morgan fingerprint density at radius 1 is 1.41 bits per heavy atom. The summed E-state index contributed by atoms with van der Waals surface area (Å²) >= 11 is 6.87. The van der Waals surface area contributed by atoms with Crippen LogP contribution in [0, 0.1) is 0 Å². The standard InChI is InChI=1S/C13H15Br2NO/c1-2-7-16(10-4-5-10)13(17)11-8-9(14)3-6-12(11)15/h3,6,8,10H,2,4-5,7H2,1H3. The van der Waals surface area contributed by atoms with Crippen LogP contribution >= 0.6 is 31.9 Å². The number of hydrogen-bond donors (Lipinski definition) is 0. The van der Waals surface area contributed by atoms with Crippen molar-refractivity contribution in [1.82, 2.24) is 4.90 Å². The molecule has 1 fully saturated rings. The van der Waals surface area contributed by atoms with Crippen LogP contribution in [0.1, 0.15) is 36.5 Å². The zero-order valence-electron chi connectivity index (χ0n) is 9.75. The molecule has 1 aliphatic carbocycles. The predicted molar refractivity (Wildman–Crippen MR) is 76.2 cm³/mol.